The molecule has 2 heterocycles. The van der Waals surface area contributed by atoms with Gasteiger partial charge in [-0.3, -0.25) is 4.79 Å². The third-order valence-corrected chi connectivity index (χ3v) is 6.42. The summed E-state index contributed by atoms with van der Waals surface area (Å²) in [6.07, 6.45) is 0.605. The Bertz CT molecular complexity index is 843. The van der Waals surface area contributed by atoms with E-state index in [1.54, 1.807) is 13.2 Å². The van der Waals surface area contributed by atoms with Crippen molar-refractivity contribution in [1.82, 2.24) is 4.90 Å². The zero-order chi connectivity index (χ0) is 19.2. The van der Waals surface area contributed by atoms with Gasteiger partial charge in [0.1, 0.15) is 0 Å². The molecule has 2 fully saturated rings. The second-order valence-electron chi connectivity index (χ2n) is 7.12. The molecule has 2 bridgehead atoms. The topological polar surface area (TPSA) is 59.0 Å². The minimum Gasteiger partial charge on any atom is -0.493 e. The van der Waals surface area contributed by atoms with Gasteiger partial charge < -0.3 is 19.5 Å². The predicted octanol–water partition coefficient (Wildman–Crippen LogP) is 1.05. The molecule has 5 heteroatoms. The van der Waals surface area contributed by atoms with Crippen LogP contribution in [0.25, 0.3) is 0 Å². The van der Waals surface area contributed by atoms with Crippen LogP contribution in [-0.2, 0) is 16.6 Å². The van der Waals surface area contributed by atoms with Crippen LogP contribution in [0.4, 0.5) is 0 Å². The first-order valence-corrected chi connectivity index (χ1v) is 8.11. The lowest BCUT2D eigenvalue weighted by Gasteiger charge is -2.62. The van der Waals surface area contributed by atoms with Crippen LogP contribution < -0.4 is 9.47 Å². The highest BCUT2D eigenvalue weighted by atomic mass is 16.5. The molecule has 2 aliphatic carbocycles. The summed E-state index contributed by atoms with van der Waals surface area (Å²) in [5, 5.41) is 5.43. The maximum atomic E-state index is 12.8. The van der Waals surface area contributed by atoms with Crippen LogP contribution in [0, 0.1) is 0 Å². The van der Waals surface area contributed by atoms with Crippen molar-refractivity contribution in [2.75, 3.05) is 20.6 Å². The molecular formula is C18H21NO4. The monoisotopic (exact) mass is 319 g/mol. The van der Waals surface area contributed by atoms with E-state index in [0.29, 0.717) is 37.3 Å². The van der Waals surface area contributed by atoms with Crippen molar-refractivity contribution >= 4 is 5.78 Å². The number of hydrogen-bond donors (Lipinski definition) is 1. The van der Waals surface area contributed by atoms with Gasteiger partial charge in [0.15, 0.2) is 23.4 Å². The maximum absolute atomic E-state index is 12.8. The molecule has 1 N–H and O–H groups in total. The number of carbonyl (C=O) groups is 1. The first-order valence-electron chi connectivity index (χ1n) is 10.0. The van der Waals surface area contributed by atoms with Gasteiger partial charge in [-0.15, -0.1) is 0 Å². The summed E-state index contributed by atoms with van der Waals surface area (Å²) in [5.41, 5.74) is -0.0974. The minimum atomic E-state index is -2.29. The van der Waals surface area contributed by atoms with Gasteiger partial charge in [0, 0.05) is 22.1 Å². The highest BCUT2D eigenvalue weighted by Crippen LogP contribution is 2.64. The van der Waals surface area contributed by atoms with Crippen molar-refractivity contribution in [2.24, 2.45) is 0 Å². The Hall–Kier alpha value is -1.59. The minimum absolute atomic E-state index is 0.0186. The number of benzene rings is 1. The van der Waals surface area contributed by atoms with Crippen molar-refractivity contribution < 1.29 is 23.5 Å². The lowest BCUT2D eigenvalue weighted by atomic mass is 9.49. The average Bonchev–Trinajstić information content (AvgIpc) is 2.97. The van der Waals surface area contributed by atoms with Crippen molar-refractivity contribution in [3.8, 4) is 11.5 Å². The Morgan fingerprint density at radius 1 is 1.52 bits per heavy atom. The number of ketones is 1. The number of likely N-dealkylation sites (tertiary alicyclic amines) is 1. The molecule has 1 saturated heterocycles. The van der Waals surface area contributed by atoms with E-state index >= 15 is 0 Å². The molecule has 23 heavy (non-hydrogen) atoms. The lowest BCUT2D eigenvalue weighted by molar-refractivity contribution is -0.185. The fourth-order valence-electron chi connectivity index (χ4n) is 5.45. The van der Waals surface area contributed by atoms with Gasteiger partial charge in [-0.1, -0.05) is 6.07 Å². The molecule has 1 aromatic rings. The molecule has 1 aromatic carbocycles. The van der Waals surface area contributed by atoms with Crippen LogP contribution in [0.15, 0.2) is 12.1 Å². The van der Waals surface area contributed by atoms with Crippen LogP contribution in [0.5, 0.6) is 11.5 Å². The number of carbonyl (C=O) groups excluding carboxylic acids is 1. The van der Waals surface area contributed by atoms with Crippen molar-refractivity contribution in [2.45, 2.75) is 48.8 Å². The molecular weight excluding hydrogens is 294 g/mol. The zero-order valence-electron chi connectivity index (χ0n) is 16.9. The zero-order valence-corrected chi connectivity index (χ0v) is 12.9. The van der Waals surface area contributed by atoms with Gasteiger partial charge in [-0.05, 0) is 44.4 Å². The number of ether oxygens (including phenoxy) is 2. The highest BCUT2D eigenvalue weighted by molar-refractivity contribution is 5.90. The van der Waals surface area contributed by atoms with E-state index in [1.807, 2.05) is 6.07 Å². The number of nitrogens with zero attached hydrogens (tertiary/aromatic N) is 1. The van der Waals surface area contributed by atoms with Crippen molar-refractivity contribution in [1.29, 1.82) is 1.43 Å². The van der Waals surface area contributed by atoms with Crippen molar-refractivity contribution in [3.05, 3.63) is 23.3 Å². The Balaban J connectivity index is 1.82. The van der Waals surface area contributed by atoms with Crippen molar-refractivity contribution in [3.63, 3.8) is 0 Å². The quantitative estimate of drug-likeness (QED) is 0.883. The van der Waals surface area contributed by atoms with Crippen LogP contribution in [0.1, 0.15) is 34.5 Å². The second kappa shape index (κ2) is 4.08. The molecule has 5 nitrogen and oxygen atoms in total. The molecule has 0 radical (unpaired) electrons. The third-order valence-electron chi connectivity index (χ3n) is 6.42. The predicted molar refractivity (Wildman–Crippen MR) is 83.0 cm³/mol. The number of rotatable bonds is 2. The molecule has 5 rings (SSSR count). The standard InChI is InChI=1S/C18H21NO4/c1-19-8-7-17-14-10-3-4-12(22-2)15(14)23-16(17)11(20)5-6-18(17,21)13(19)9-10/h3-4,13,16,21H,5-9H2,1-2H3/t13-,16?,17+,18-/m1/s1/i1D3,21D. The van der Waals surface area contributed by atoms with Crippen LogP contribution >= 0.6 is 0 Å². The molecule has 4 atom stereocenters. The average molecular weight is 319 g/mol. The number of piperidine rings is 1. The summed E-state index contributed by atoms with van der Waals surface area (Å²) in [5.74, 6) is 1.09. The number of hydrogen-bond acceptors (Lipinski definition) is 5. The van der Waals surface area contributed by atoms with E-state index in [2.05, 4.69) is 0 Å². The molecule has 122 valence electrons. The number of aliphatic hydroxyl groups is 1. The first kappa shape index (κ1) is 10.3. The van der Waals surface area contributed by atoms with Gasteiger partial charge in [-0.25, -0.2) is 0 Å². The molecule has 0 amide bonds. The Labute approximate surface area is 140 Å². The first-order chi connectivity index (χ1) is 12.8. The Morgan fingerprint density at radius 3 is 3.22 bits per heavy atom. The van der Waals surface area contributed by atoms with Gasteiger partial charge in [-0.2, -0.15) is 0 Å². The summed E-state index contributed by atoms with van der Waals surface area (Å²) in [6, 6.07) is 3.22. The highest BCUT2D eigenvalue weighted by Gasteiger charge is 2.72. The van der Waals surface area contributed by atoms with E-state index in [4.69, 9.17) is 20.1 Å². The Morgan fingerprint density at radius 2 is 2.43 bits per heavy atom. The summed E-state index contributed by atoms with van der Waals surface area (Å²) in [7, 11) is 1.56. The third kappa shape index (κ3) is 1.32. The van der Waals surface area contributed by atoms with Gasteiger partial charge in [0.25, 0.3) is 0 Å². The lowest BCUT2D eigenvalue weighted by Crippen LogP contribution is -2.76. The van der Waals surface area contributed by atoms with E-state index in [-0.39, 0.29) is 12.2 Å². The van der Waals surface area contributed by atoms with E-state index in [9.17, 15) is 4.79 Å². The van der Waals surface area contributed by atoms with Crippen LogP contribution in [-0.4, -0.2) is 55.6 Å². The number of likely N-dealkylation sites (N-methyl/N-ethyl adjacent to an activating group) is 1. The summed E-state index contributed by atoms with van der Waals surface area (Å²) >= 11 is 0. The van der Waals surface area contributed by atoms with Gasteiger partial charge >= 0.3 is 0 Å². The largest absolute Gasteiger partial charge is 0.493 e. The maximum Gasteiger partial charge on any atom is 0.211 e. The number of Topliss-reactive ketones (excluding diaryl/α,β-unsaturated/α-hetero) is 1. The van der Waals surface area contributed by atoms with E-state index < -0.39 is 30.1 Å². The summed E-state index contributed by atoms with van der Waals surface area (Å²) in [4.78, 5) is 14.3. The molecule has 4 aliphatic rings. The van der Waals surface area contributed by atoms with E-state index in [0.717, 1.165) is 11.1 Å². The second-order valence-corrected chi connectivity index (χ2v) is 7.12. The molecule has 1 unspecified atom stereocenters. The summed E-state index contributed by atoms with van der Waals surface area (Å²) < 4.78 is 43.6. The summed E-state index contributed by atoms with van der Waals surface area (Å²) in [6.45, 7) is -1.99. The van der Waals surface area contributed by atoms with E-state index in [1.165, 1.54) is 4.90 Å². The fourth-order valence-corrected chi connectivity index (χ4v) is 5.45. The SMILES string of the molecule is [2H]O[C@@]12CCC(=O)C3Oc4c(OC)ccc5c4[C@@]31CCN(C([2H])([2H])[2H])[C@@H]2C5. The smallest absolute Gasteiger partial charge is 0.211 e. The van der Waals surface area contributed by atoms with Gasteiger partial charge in [0.2, 0.25) is 1.43 Å². The molecule has 2 aliphatic heterocycles. The molecule has 1 spiro atoms. The van der Waals surface area contributed by atoms with Gasteiger partial charge in [0.05, 0.1) is 18.1 Å². The Kier molecular flexibility index (Phi) is 1.83. The normalized spacial score (nSPS) is 43.6. The number of methoxy groups -OCH3 is 1. The fraction of sp³-hybridized carbons (Fsp3) is 0.611. The molecule has 1 saturated carbocycles. The van der Waals surface area contributed by atoms with Crippen LogP contribution in [0.2, 0.25) is 0 Å². The van der Waals surface area contributed by atoms with Crippen LogP contribution in [0.3, 0.4) is 0 Å². The molecule has 0 aromatic heterocycles.